The minimum atomic E-state index is -1.01. The molecule has 4 heteroatoms. The quantitative estimate of drug-likeness (QED) is 0.778. The summed E-state index contributed by atoms with van der Waals surface area (Å²) >= 11 is 0. The lowest BCUT2D eigenvalue weighted by molar-refractivity contribution is 0.0698. The van der Waals surface area contributed by atoms with Crippen LogP contribution in [-0.4, -0.2) is 15.6 Å². The highest BCUT2D eigenvalue weighted by Crippen LogP contribution is 2.23. The Labute approximate surface area is 99.3 Å². The fourth-order valence-electron chi connectivity index (χ4n) is 1.80. The van der Waals surface area contributed by atoms with E-state index in [1.165, 1.54) is 0 Å². The van der Waals surface area contributed by atoms with Gasteiger partial charge in [0, 0.05) is 18.1 Å². The van der Waals surface area contributed by atoms with Crippen LogP contribution in [0.2, 0.25) is 0 Å². The standard InChI is InChI=1S/C13H14N2O2/c1-8-6-15(7-9(8)2)11-5-3-4-10(14)12(11)13(16)17/h3-7H,14H2,1-2H3,(H,16,17). The lowest BCUT2D eigenvalue weighted by Crippen LogP contribution is -2.08. The maximum absolute atomic E-state index is 11.2. The van der Waals surface area contributed by atoms with E-state index in [2.05, 4.69) is 0 Å². The molecular weight excluding hydrogens is 216 g/mol. The van der Waals surface area contributed by atoms with E-state index in [4.69, 9.17) is 5.73 Å². The number of nitrogen functional groups attached to an aromatic ring is 1. The number of benzene rings is 1. The van der Waals surface area contributed by atoms with E-state index in [1.54, 1.807) is 22.8 Å². The molecule has 3 N–H and O–H groups in total. The zero-order valence-corrected chi connectivity index (χ0v) is 9.77. The van der Waals surface area contributed by atoms with E-state index in [0.717, 1.165) is 11.1 Å². The Morgan fingerprint density at radius 2 is 1.82 bits per heavy atom. The van der Waals surface area contributed by atoms with E-state index in [1.807, 2.05) is 26.2 Å². The van der Waals surface area contributed by atoms with Crippen LogP contribution in [0, 0.1) is 13.8 Å². The van der Waals surface area contributed by atoms with Gasteiger partial charge in [-0.05, 0) is 37.1 Å². The summed E-state index contributed by atoms with van der Waals surface area (Å²) in [5, 5.41) is 9.19. The van der Waals surface area contributed by atoms with Crippen molar-refractivity contribution in [1.29, 1.82) is 0 Å². The summed E-state index contributed by atoms with van der Waals surface area (Å²) in [6.07, 6.45) is 3.80. The van der Waals surface area contributed by atoms with Crippen LogP contribution in [0.15, 0.2) is 30.6 Å². The fourth-order valence-corrected chi connectivity index (χ4v) is 1.80. The molecule has 0 spiro atoms. The van der Waals surface area contributed by atoms with Crippen molar-refractivity contribution >= 4 is 11.7 Å². The third-order valence-electron chi connectivity index (χ3n) is 2.85. The molecule has 0 saturated heterocycles. The monoisotopic (exact) mass is 230 g/mol. The van der Waals surface area contributed by atoms with Crippen molar-refractivity contribution in [3.8, 4) is 5.69 Å². The summed E-state index contributed by atoms with van der Waals surface area (Å²) in [7, 11) is 0. The van der Waals surface area contributed by atoms with Gasteiger partial charge in [-0.25, -0.2) is 4.79 Å². The second-order valence-electron chi connectivity index (χ2n) is 4.08. The Morgan fingerprint density at radius 3 is 2.35 bits per heavy atom. The Kier molecular flexibility index (Phi) is 2.63. The molecule has 88 valence electrons. The van der Waals surface area contributed by atoms with Crippen molar-refractivity contribution in [3.05, 3.63) is 47.3 Å². The number of carboxylic acids is 1. The van der Waals surface area contributed by atoms with Crippen molar-refractivity contribution in [2.45, 2.75) is 13.8 Å². The number of nitrogens with two attached hydrogens (primary N) is 1. The summed E-state index contributed by atoms with van der Waals surface area (Å²) in [5.74, 6) is -1.01. The molecule has 17 heavy (non-hydrogen) atoms. The van der Waals surface area contributed by atoms with Crippen molar-refractivity contribution in [2.75, 3.05) is 5.73 Å². The van der Waals surface area contributed by atoms with Crippen LogP contribution in [0.1, 0.15) is 21.5 Å². The van der Waals surface area contributed by atoms with Gasteiger partial charge < -0.3 is 15.4 Å². The van der Waals surface area contributed by atoms with Crippen LogP contribution < -0.4 is 5.73 Å². The molecule has 0 aliphatic carbocycles. The highest BCUT2D eigenvalue weighted by Gasteiger charge is 2.15. The normalized spacial score (nSPS) is 10.5. The number of hydrogen-bond donors (Lipinski definition) is 2. The van der Waals surface area contributed by atoms with Gasteiger partial charge in [0.05, 0.1) is 5.69 Å². The summed E-state index contributed by atoms with van der Waals surface area (Å²) in [5.41, 5.74) is 8.95. The summed E-state index contributed by atoms with van der Waals surface area (Å²) in [6, 6.07) is 5.09. The third-order valence-corrected chi connectivity index (χ3v) is 2.85. The van der Waals surface area contributed by atoms with Crippen molar-refractivity contribution in [3.63, 3.8) is 0 Å². The molecule has 0 bridgehead atoms. The lowest BCUT2D eigenvalue weighted by atomic mass is 10.1. The summed E-state index contributed by atoms with van der Waals surface area (Å²) in [4.78, 5) is 11.2. The van der Waals surface area contributed by atoms with Gasteiger partial charge in [-0.3, -0.25) is 0 Å². The largest absolute Gasteiger partial charge is 0.478 e. The van der Waals surface area contributed by atoms with Crippen LogP contribution >= 0.6 is 0 Å². The van der Waals surface area contributed by atoms with Crippen molar-refractivity contribution in [2.24, 2.45) is 0 Å². The Balaban J connectivity index is 2.67. The number of hydrogen-bond acceptors (Lipinski definition) is 2. The highest BCUT2D eigenvalue weighted by molar-refractivity contribution is 5.97. The first-order valence-electron chi connectivity index (χ1n) is 5.28. The molecule has 0 aliphatic heterocycles. The molecule has 0 unspecified atom stereocenters. The number of anilines is 1. The van der Waals surface area contributed by atoms with E-state index >= 15 is 0 Å². The van der Waals surface area contributed by atoms with Gasteiger partial charge in [0.15, 0.2) is 0 Å². The predicted octanol–water partition coefficient (Wildman–Crippen LogP) is 2.37. The molecule has 0 amide bonds. The maximum Gasteiger partial charge on any atom is 0.339 e. The van der Waals surface area contributed by atoms with Crippen LogP contribution in [0.25, 0.3) is 5.69 Å². The zero-order chi connectivity index (χ0) is 12.6. The van der Waals surface area contributed by atoms with Gasteiger partial charge in [-0.15, -0.1) is 0 Å². The van der Waals surface area contributed by atoms with Gasteiger partial charge in [-0.2, -0.15) is 0 Å². The van der Waals surface area contributed by atoms with Crippen molar-refractivity contribution < 1.29 is 9.90 Å². The van der Waals surface area contributed by atoms with E-state index in [9.17, 15) is 9.90 Å². The van der Waals surface area contributed by atoms with Gasteiger partial charge >= 0.3 is 5.97 Å². The molecule has 0 fully saturated rings. The van der Waals surface area contributed by atoms with Crippen LogP contribution in [0.3, 0.4) is 0 Å². The summed E-state index contributed by atoms with van der Waals surface area (Å²) < 4.78 is 1.80. The number of aryl methyl sites for hydroxylation is 2. The van der Waals surface area contributed by atoms with E-state index in [0.29, 0.717) is 5.69 Å². The SMILES string of the molecule is Cc1cn(-c2cccc(N)c2C(=O)O)cc1C. The van der Waals surface area contributed by atoms with E-state index < -0.39 is 5.97 Å². The zero-order valence-electron chi connectivity index (χ0n) is 9.77. The molecular formula is C13H14N2O2. The minimum Gasteiger partial charge on any atom is -0.478 e. The Bertz CT molecular complexity index is 566. The van der Waals surface area contributed by atoms with Gasteiger partial charge in [0.1, 0.15) is 5.56 Å². The van der Waals surface area contributed by atoms with Crippen LogP contribution in [0.4, 0.5) is 5.69 Å². The molecule has 0 saturated carbocycles. The second kappa shape index (κ2) is 3.97. The number of aromatic carboxylic acids is 1. The van der Waals surface area contributed by atoms with Crippen molar-refractivity contribution in [1.82, 2.24) is 4.57 Å². The van der Waals surface area contributed by atoms with Gasteiger partial charge in [-0.1, -0.05) is 6.07 Å². The number of carboxylic acid groups (broad SMARTS) is 1. The Hall–Kier alpha value is -2.23. The number of nitrogens with zero attached hydrogens (tertiary/aromatic N) is 1. The lowest BCUT2D eigenvalue weighted by Gasteiger charge is -2.09. The average molecular weight is 230 g/mol. The number of rotatable bonds is 2. The second-order valence-corrected chi connectivity index (χ2v) is 4.08. The molecule has 2 rings (SSSR count). The molecule has 0 atom stereocenters. The Morgan fingerprint density at radius 1 is 1.24 bits per heavy atom. The fraction of sp³-hybridized carbons (Fsp3) is 0.154. The first-order valence-corrected chi connectivity index (χ1v) is 5.28. The van der Waals surface area contributed by atoms with E-state index in [-0.39, 0.29) is 11.3 Å². The molecule has 2 aromatic rings. The average Bonchev–Trinajstić information content (AvgIpc) is 2.58. The van der Waals surface area contributed by atoms with Crippen LogP contribution in [0.5, 0.6) is 0 Å². The molecule has 1 aromatic carbocycles. The molecule has 0 radical (unpaired) electrons. The number of carbonyl (C=O) groups is 1. The predicted molar refractivity (Wildman–Crippen MR) is 66.6 cm³/mol. The molecule has 1 aromatic heterocycles. The summed E-state index contributed by atoms with van der Waals surface area (Å²) in [6.45, 7) is 3.97. The minimum absolute atomic E-state index is 0.141. The van der Waals surface area contributed by atoms with Crippen LogP contribution in [-0.2, 0) is 0 Å². The highest BCUT2D eigenvalue weighted by atomic mass is 16.4. The molecule has 0 aliphatic rings. The third kappa shape index (κ3) is 1.89. The van der Waals surface area contributed by atoms with Gasteiger partial charge in [0.2, 0.25) is 0 Å². The number of aromatic nitrogens is 1. The first kappa shape index (κ1) is 11.3. The first-order chi connectivity index (χ1) is 8.00. The molecule has 1 heterocycles. The van der Waals surface area contributed by atoms with Gasteiger partial charge in [0.25, 0.3) is 0 Å². The molecule has 4 nitrogen and oxygen atoms in total. The smallest absolute Gasteiger partial charge is 0.339 e. The topological polar surface area (TPSA) is 68.2 Å². The maximum atomic E-state index is 11.2.